The summed E-state index contributed by atoms with van der Waals surface area (Å²) in [6, 6.07) is 10.5. The van der Waals surface area contributed by atoms with E-state index in [1.54, 1.807) is 20.1 Å². The molecule has 0 spiro atoms. The fourth-order valence-electron chi connectivity index (χ4n) is 3.39. The Morgan fingerprint density at radius 1 is 1.22 bits per heavy atom. The summed E-state index contributed by atoms with van der Waals surface area (Å²) in [6.07, 6.45) is 0.954. The topological polar surface area (TPSA) is 89.6 Å². The van der Waals surface area contributed by atoms with Crippen LogP contribution in [0.1, 0.15) is 24.6 Å². The number of nitrogens with one attached hydrogen (secondary N) is 1. The molecule has 0 aliphatic carbocycles. The zero-order valence-corrected chi connectivity index (χ0v) is 15.7. The van der Waals surface area contributed by atoms with E-state index in [1.807, 2.05) is 28.8 Å². The van der Waals surface area contributed by atoms with Crippen molar-refractivity contribution < 1.29 is 14.8 Å². The molecule has 7 heteroatoms. The molecule has 0 saturated carbocycles. The van der Waals surface area contributed by atoms with Crippen LogP contribution >= 0.6 is 0 Å². The molecule has 142 valence electrons. The van der Waals surface area contributed by atoms with Crippen molar-refractivity contribution in [3.8, 4) is 17.2 Å². The number of aromatic nitrogens is 1. The number of phenolic OH excluding ortho intramolecular Hbond substituents is 1. The average molecular weight is 369 g/mol. The summed E-state index contributed by atoms with van der Waals surface area (Å²) in [4.78, 5) is 11.4. The van der Waals surface area contributed by atoms with Gasteiger partial charge in [0.25, 0.3) is 5.69 Å². The largest absolute Gasteiger partial charge is 0.508 e. The Balaban J connectivity index is 2.30. The smallest absolute Gasteiger partial charge is 0.298 e. The second-order valence-corrected chi connectivity index (χ2v) is 6.36. The Morgan fingerprint density at radius 3 is 2.52 bits per heavy atom. The number of nitro groups is 1. The van der Waals surface area contributed by atoms with Crippen molar-refractivity contribution in [2.75, 3.05) is 13.7 Å². The normalized spacial score (nSPS) is 11.1. The van der Waals surface area contributed by atoms with Crippen molar-refractivity contribution in [2.24, 2.45) is 0 Å². The third-order valence-electron chi connectivity index (χ3n) is 4.66. The standard InChI is InChI=1S/C20H23N3O4/c1-4-11-21-12-17-18(24)10-9-16-19(23(25)26)13(2)22(20(16)17)14-5-7-15(27-3)8-6-14/h5-10,21,24H,4,11-12H2,1-3H3. The Hall–Kier alpha value is -3.06. The molecule has 3 aromatic rings. The maximum Gasteiger partial charge on any atom is 0.298 e. The number of nitrogens with zero attached hydrogens (tertiary/aromatic N) is 2. The molecular weight excluding hydrogens is 346 g/mol. The summed E-state index contributed by atoms with van der Waals surface area (Å²) in [5.41, 5.74) is 2.63. The quantitative estimate of drug-likeness (QED) is 0.372. The molecule has 0 radical (unpaired) electrons. The zero-order valence-electron chi connectivity index (χ0n) is 15.7. The molecule has 0 amide bonds. The Labute approximate surface area is 157 Å². The second-order valence-electron chi connectivity index (χ2n) is 6.36. The molecular formula is C20H23N3O4. The van der Waals surface area contributed by atoms with E-state index in [9.17, 15) is 15.2 Å². The van der Waals surface area contributed by atoms with Crippen LogP contribution in [-0.2, 0) is 6.54 Å². The van der Waals surface area contributed by atoms with Crippen molar-refractivity contribution in [1.82, 2.24) is 9.88 Å². The number of hydrogen-bond donors (Lipinski definition) is 2. The van der Waals surface area contributed by atoms with Crippen LogP contribution in [0, 0.1) is 17.0 Å². The molecule has 0 saturated heterocycles. The lowest BCUT2D eigenvalue weighted by Gasteiger charge is -2.13. The van der Waals surface area contributed by atoms with Gasteiger partial charge in [-0.15, -0.1) is 0 Å². The van der Waals surface area contributed by atoms with Crippen LogP contribution in [0.4, 0.5) is 5.69 Å². The zero-order chi connectivity index (χ0) is 19.6. The number of methoxy groups -OCH3 is 1. The molecule has 0 fully saturated rings. The van der Waals surface area contributed by atoms with E-state index in [0.29, 0.717) is 34.5 Å². The molecule has 0 aliphatic rings. The van der Waals surface area contributed by atoms with E-state index in [4.69, 9.17) is 4.74 Å². The summed E-state index contributed by atoms with van der Waals surface area (Å²) >= 11 is 0. The number of hydrogen-bond acceptors (Lipinski definition) is 5. The molecule has 1 aromatic heterocycles. The molecule has 0 aliphatic heterocycles. The number of ether oxygens (including phenoxy) is 1. The van der Waals surface area contributed by atoms with E-state index in [-0.39, 0.29) is 16.4 Å². The third kappa shape index (κ3) is 3.33. The first-order valence-electron chi connectivity index (χ1n) is 8.85. The highest BCUT2D eigenvalue weighted by molar-refractivity contribution is 5.96. The van der Waals surface area contributed by atoms with Gasteiger partial charge in [-0.05, 0) is 56.3 Å². The molecule has 3 rings (SSSR count). The second kappa shape index (κ2) is 7.67. The van der Waals surface area contributed by atoms with Gasteiger partial charge in [-0.2, -0.15) is 0 Å². The molecule has 0 atom stereocenters. The lowest BCUT2D eigenvalue weighted by Crippen LogP contribution is -2.15. The fourth-order valence-corrected chi connectivity index (χ4v) is 3.39. The van der Waals surface area contributed by atoms with E-state index in [1.165, 1.54) is 6.07 Å². The lowest BCUT2D eigenvalue weighted by atomic mass is 10.1. The van der Waals surface area contributed by atoms with Gasteiger partial charge in [0, 0.05) is 17.8 Å². The first kappa shape index (κ1) is 18.7. The van der Waals surface area contributed by atoms with Gasteiger partial charge in [-0.3, -0.25) is 10.1 Å². The summed E-state index contributed by atoms with van der Waals surface area (Å²) in [5.74, 6) is 0.823. The summed E-state index contributed by atoms with van der Waals surface area (Å²) in [7, 11) is 1.59. The van der Waals surface area contributed by atoms with Gasteiger partial charge in [0.1, 0.15) is 11.5 Å². The molecule has 0 unspecified atom stereocenters. The number of rotatable bonds is 7. The Morgan fingerprint density at radius 2 is 1.93 bits per heavy atom. The van der Waals surface area contributed by atoms with Crippen LogP contribution in [0.25, 0.3) is 16.6 Å². The van der Waals surface area contributed by atoms with Gasteiger partial charge in [-0.25, -0.2) is 0 Å². The average Bonchev–Trinajstić information content (AvgIpc) is 2.96. The number of phenols is 1. The minimum absolute atomic E-state index is 0.0533. The summed E-state index contributed by atoms with van der Waals surface area (Å²) in [6.45, 7) is 5.00. The highest BCUT2D eigenvalue weighted by atomic mass is 16.6. The summed E-state index contributed by atoms with van der Waals surface area (Å²) < 4.78 is 7.04. The molecule has 0 bridgehead atoms. The molecule has 2 N–H and O–H groups in total. The maximum absolute atomic E-state index is 11.7. The molecule has 7 nitrogen and oxygen atoms in total. The van der Waals surface area contributed by atoms with E-state index in [0.717, 1.165) is 18.7 Å². The van der Waals surface area contributed by atoms with Crippen LogP contribution < -0.4 is 10.1 Å². The van der Waals surface area contributed by atoms with Crippen molar-refractivity contribution in [2.45, 2.75) is 26.8 Å². The van der Waals surface area contributed by atoms with Crippen molar-refractivity contribution >= 4 is 16.6 Å². The van der Waals surface area contributed by atoms with Gasteiger partial charge in [-0.1, -0.05) is 6.92 Å². The molecule has 27 heavy (non-hydrogen) atoms. The van der Waals surface area contributed by atoms with Crippen LogP contribution in [0.5, 0.6) is 11.5 Å². The first-order valence-corrected chi connectivity index (χ1v) is 8.85. The Kier molecular flexibility index (Phi) is 5.32. The van der Waals surface area contributed by atoms with E-state index >= 15 is 0 Å². The monoisotopic (exact) mass is 369 g/mol. The minimum atomic E-state index is -0.363. The van der Waals surface area contributed by atoms with Crippen molar-refractivity contribution in [1.29, 1.82) is 0 Å². The van der Waals surface area contributed by atoms with Crippen LogP contribution in [0.3, 0.4) is 0 Å². The Bertz CT molecular complexity index is 977. The van der Waals surface area contributed by atoms with E-state index < -0.39 is 0 Å². The maximum atomic E-state index is 11.7. The third-order valence-corrected chi connectivity index (χ3v) is 4.66. The number of fused-ring (bicyclic) bond motifs is 1. The predicted octanol–water partition coefficient (Wildman–Crippen LogP) is 4.06. The number of aromatic hydroxyl groups is 1. The van der Waals surface area contributed by atoms with Crippen molar-refractivity contribution in [3.63, 3.8) is 0 Å². The van der Waals surface area contributed by atoms with Crippen LogP contribution in [0.15, 0.2) is 36.4 Å². The van der Waals surface area contributed by atoms with Crippen molar-refractivity contribution in [3.05, 3.63) is 57.8 Å². The van der Waals surface area contributed by atoms with E-state index in [2.05, 4.69) is 12.2 Å². The van der Waals surface area contributed by atoms with Gasteiger partial charge in [0.05, 0.1) is 28.6 Å². The number of benzene rings is 2. The fraction of sp³-hybridized carbons (Fsp3) is 0.300. The van der Waals surface area contributed by atoms with Gasteiger partial charge >= 0.3 is 0 Å². The van der Waals surface area contributed by atoms with Crippen LogP contribution in [0.2, 0.25) is 0 Å². The minimum Gasteiger partial charge on any atom is -0.508 e. The molecule has 2 aromatic carbocycles. The molecule has 1 heterocycles. The van der Waals surface area contributed by atoms with Gasteiger partial charge < -0.3 is 19.7 Å². The van der Waals surface area contributed by atoms with Crippen LogP contribution in [-0.4, -0.2) is 28.3 Å². The SMILES string of the molecule is CCCNCc1c(O)ccc2c([N+](=O)[O-])c(C)n(-c3ccc(OC)cc3)c12. The predicted molar refractivity (Wildman–Crippen MR) is 105 cm³/mol. The highest BCUT2D eigenvalue weighted by Gasteiger charge is 2.27. The van der Waals surface area contributed by atoms with Gasteiger partial charge in [0.2, 0.25) is 0 Å². The van der Waals surface area contributed by atoms with Gasteiger partial charge in [0.15, 0.2) is 0 Å². The lowest BCUT2D eigenvalue weighted by molar-refractivity contribution is -0.383. The highest BCUT2D eigenvalue weighted by Crippen LogP contribution is 2.39. The first-order chi connectivity index (χ1) is 13.0. The summed E-state index contributed by atoms with van der Waals surface area (Å²) in [5, 5.41) is 26.0.